The molecule has 0 aliphatic carbocycles. The zero-order valence-electron chi connectivity index (χ0n) is 18.4. The van der Waals surface area contributed by atoms with Crippen molar-refractivity contribution in [2.75, 3.05) is 0 Å². The minimum absolute atomic E-state index is 0.130. The second kappa shape index (κ2) is 10.4. The fraction of sp³-hybridized carbons (Fsp3) is 0.280. The molecule has 1 N–H and O–H groups in total. The van der Waals surface area contributed by atoms with Crippen molar-refractivity contribution in [1.29, 1.82) is 5.26 Å². The largest absolute Gasteiger partial charge is 0.458 e. The van der Waals surface area contributed by atoms with Crippen molar-refractivity contribution < 1.29 is 14.3 Å². The minimum atomic E-state index is -0.800. The third-order valence-electron chi connectivity index (χ3n) is 5.06. The molecule has 0 saturated heterocycles. The molecule has 1 atom stereocenters. The third-order valence-corrected chi connectivity index (χ3v) is 5.06. The lowest BCUT2D eigenvalue weighted by molar-refractivity contribution is -0.150. The number of aromatic nitrogens is 2. The molecule has 1 heterocycles. The van der Waals surface area contributed by atoms with Gasteiger partial charge in [-0.3, -0.25) is 4.79 Å². The summed E-state index contributed by atoms with van der Waals surface area (Å²) in [7, 11) is 0. The smallest absolute Gasteiger partial charge is 0.329 e. The average molecular weight is 431 g/mol. The van der Waals surface area contributed by atoms with Crippen molar-refractivity contribution in [3.63, 3.8) is 0 Å². The number of rotatable bonds is 8. The van der Waals surface area contributed by atoms with E-state index in [0.29, 0.717) is 17.0 Å². The summed E-state index contributed by atoms with van der Waals surface area (Å²) in [6, 6.07) is 20.0. The van der Waals surface area contributed by atoms with Crippen LogP contribution in [0.2, 0.25) is 0 Å². The summed E-state index contributed by atoms with van der Waals surface area (Å²) in [6.45, 7) is 5.29. The van der Waals surface area contributed by atoms with Crippen LogP contribution in [0.5, 0.6) is 0 Å². The van der Waals surface area contributed by atoms with Gasteiger partial charge in [-0.05, 0) is 30.5 Å². The van der Waals surface area contributed by atoms with Gasteiger partial charge in [0.25, 0.3) is 0 Å². The molecule has 1 amide bonds. The first-order valence-corrected chi connectivity index (χ1v) is 10.4. The first kappa shape index (κ1) is 22.8. The van der Waals surface area contributed by atoms with Crippen LogP contribution in [0.4, 0.5) is 0 Å². The van der Waals surface area contributed by atoms with Crippen molar-refractivity contribution in [3.05, 3.63) is 83.2 Å². The Morgan fingerprint density at radius 3 is 2.31 bits per heavy atom. The van der Waals surface area contributed by atoms with Crippen molar-refractivity contribution in [3.8, 4) is 11.8 Å². The van der Waals surface area contributed by atoms with Gasteiger partial charge >= 0.3 is 5.97 Å². The molecule has 0 spiro atoms. The maximum absolute atomic E-state index is 12.9. The number of carbonyl (C=O) groups excluding carboxylic acids is 2. The summed E-state index contributed by atoms with van der Waals surface area (Å²) < 4.78 is 7.17. The van der Waals surface area contributed by atoms with Gasteiger partial charge in [0.05, 0.1) is 23.5 Å². The van der Waals surface area contributed by atoms with E-state index in [2.05, 4.69) is 16.5 Å². The maximum Gasteiger partial charge on any atom is 0.329 e. The second-order valence-corrected chi connectivity index (χ2v) is 7.83. The number of hydrogen-bond donors (Lipinski definition) is 1. The van der Waals surface area contributed by atoms with Crippen LogP contribution in [0.25, 0.3) is 5.69 Å². The molecule has 0 saturated carbocycles. The number of aryl methyl sites for hydroxylation is 1. The summed E-state index contributed by atoms with van der Waals surface area (Å²) in [4.78, 5) is 25.3. The van der Waals surface area contributed by atoms with Crippen LogP contribution in [0, 0.1) is 24.2 Å². The highest BCUT2D eigenvalue weighted by atomic mass is 16.5. The molecular weight excluding hydrogens is 404 g/mol. The number of nitrogens with one attached hydrogen (secondary N) is 1. The van der Waals surface area contributed by atoms with Crippen LogP contribution >= 0.6 is 0 Å². The highest BCUT2D eigenvalue weighted by Crippen LogP contribution is 2.19. The fourth-order valence-electron chi connectivity index (χ4n) is 3.37. The zero-order valence-corrected chi connectivity index (χ0v) is 18.4. The molecule has 164 valence electrons. The molecule has 0 radical (unpaired) electrons. The number of nitrogens with zero attached hydrogens (tertiary/aromatic N) is 3. The van der Waals surface area contributed by atoms with Gasteiger partial charge in [-0.2, -0.15) is 10.4 Å². The van der Waals surface area contributed by atoms with E-state index in [9.17, 15) is 14.9 Å². The molecule has 0 aliphatic heterocycles. The molecule has 2 aromatic carbocycles. The first-order valence-electron chi connectivity index (χ1n) is 10.4. The Hall–Kier alpha value is -3.92. The predicted molar refractivity (Wildman–Crippen MR) is 120 cm³/mol. The minimum Gasteiger partial charge on any atom is -0.458 e. The van der Waals surface area contributed by atoms with Crippen molar-refractivity contribution in [2.45, 2.75) is 39.8 Å². The number of esters is 1. The lowest BCUT2D eigenvalue weighted by Gasteiger charge is -2.21. The Balaban J connectivity index is 1.73. The Morgan fingerprint density at radius 2 is 1.72 bits per heavy atom. The third kappa shape index (κ3) is 5.41. The lowest BCUT2D eigenvalue weighted by atomic mass is 10.0. The monoisotopic (exact) mass is 430 g/mol. The number of carbonyl (C=O) groups is 2. The SMILES string of the molecule is Cc1nn(-c2ccccc2)c(COC(=O)[C@H](NC(=O)Cc2ccccc2)C(C)C)c1C#N. The van der Waals surface area contributed by atoms with Crippen molar-refractivity contribution in [2.24, 2.45) is 5.92 Å². The Labute approximate surface area is 187 Å². The van der Waals surface area contributed by atoms with E-state index in [1.807, 2.05) is 74.5 Å². The number of nitriles is 1. The number of ether oxygens (including phenoxy) is 1. The molecule has 7 heteroatoms. The normalized spacial score (nSPS) is 11.6. The number of amides is 1. The summed E-state index contributed by atoms with van der Waals surface area (Å²) in [6.07, 6.45) is 0.176. The van der Waals surface area contributed by atoms with Crippen LogP contribution in [0.1, 0.15) is 36.4 Å². The molecule has 0 bridgehead atoms. The van der Waals surface area contributed by atoms with Crippen LogP contribution < -0.4 is 5.32 Å². The standard InChI is InChI=1S/C25H26N4O3/c1-17(2)24(27-23(30)14-19-10-6-4-7-11-19)25(31)32-16-22-21(15-26)18(3)28-29(22)20-12-8-5-9-13-20/h4-13,17,24H,14,16H2,1-3H3,(H,27,30)/t24-/m1/s1. The molecule has 7 nitrogen and oxygen atoms in total. The van der Waals surface area contributed by atoms with Gasteiger partial charge in [-0.15, -0.1) is 0 Å². The Morgan fingerprint density at radius 1 is 1.09 bits per heavy atom. The maximum atomic E-state index is 12.9. The Kier molecular flexibility index (Phi) is 7.40. The number of benzene rings is 2. The first-order chi connectivity index (χ1) is 15.4. The van der Waals surface area contributed by atoms with Crippen LogP contribution in [-0.2, 0) is 27.4 Å². The topological polar surface area (TPSA) is 97.0 Å². The fourth-order valence-corrected chi connectivity index (χ4v) is 3.37. The summed E-state index contributed by atoms with van der Waals surface area (Å²) in [5.74, 6) is -0.975. The highest BCUT2D eigenvalue weighted by molar-refractivity contribution is 5.85. The molecule has 32 heavy (non-hydrogen) atoms. The Bertz CT molecular complexity index is 1120. The molecule has 3 rings (SSSR count). The summed E-state index contributed by atoms with van der Waals surface area (Å²) in [5.41, 5.74) is 3.04. The van der Waals surface area contributed by atoms with Gasteiger partial charge in [0, 0.05) is 0 Å². The van der Waals surface area contributed by atoms with Gasteiger partial charge in [0.2, 0.25) is 5.91 Å². The summed E-state index contributed by atoms with van der Waals surface area (Å²) >= 11 is 0. The van der Waals surface area contributed by atoms with E-state index in [1.54, 1.807) is 11.6 Å². The molecule has 3 aromatic rings. The van der Waals surface area contributed by atoms with Gasteiger partial charge in [0.15, 0.2) is 0 Å². The van der Waals surface area contributed by atoms with E-state index >= 15 is 0 Å². The van der Waals surface area contributed by atoms with Gasteiger partial charge in [-0.25, -0.2) is 9.48 Å². The van der Waals surface area contributed by atoms with Crippen LogP contribution in [0.3, 0.4) is 0 Å². The van der Waals surface area contributed by atoms with Crippen molar-refractivity contribution >= 4 is 11.9 Å². The number of para-hydroxylation sites is 1. The number of hydrogen-bond acceptors (Lipinski definition) is 5. The van der Waals surface area contributed by atoms with E-state index in [-0.39, 0.29) is 24.9 Å². The quantitative estimate of drug-likeness (QED) is 0.552. The predicted octanol–water partition coefficient (Wildman–Crippen LogP) is 3.48. The molecule has 0 aliphatic rings. The van der Waals surface area contributed by atoms with E-state index in [4.69, 9.17) is 4.74 Å². The molecule has 0 fully saturated rings. The average Bonchev–Trinajstić information content (AvgIpc) is 3.12. The van der Waals surface area contributed by atoms with E-state index in [0.717, 1.165) is 11.3 Å². The van der Waals surface area contributed by atoms with Gasteiger partial charge in [0.1, 0.15) is 24.3 Å². The van der Waals surface area contributed by atoms with Crippen LogP contribution in [-0.4, -0.2) is 27.7 Å². The molecular formula is C25H26N4O3. The summed E-state index contributed by atoms with van der Waals surface area (Å²) in [5, 5.41) is 16.8. The second-order valence-electron chi connectivity index (χ2n) is 7.83. The van der Waals surface area contributed by atoms with Crippen molar-refractivity contribution in [1.82, 2.24) is 15.1 Å². The van der Waals surface area contributed by atoms with Gasteiger partial charge in [-0.1, -0.05) is 62.4 Å². The van der Waals surface area contributed by atoms with E-state index < -0.39 is 12.0 Å². The highest BCUT2D eigenvalue weighted by Gasteiger charge is 2.27. The molecule has 0 unspecified atom stereocenters. The lowest BCUT2D eigenvalue weighted by Crippen LogP contribution is -2.45. The van der Waals surface area contributed by atoms with Gasteiger partial charge < -0.3 is 10.1 Å². The molecule has 1 aromatic heterocycles. The zero-order chi connectivity index (χ0) is 23.1. The van der Waals surface area contributed by atoms with Crippen LogP contribution in [0.15, 0.2) is 60.7 Å². The van der Waals surface area contributed by atoms with E-state index in [1.165, 1.54) is 0 Å².